The minimum absolute atomic E-state index is 0.489. The molecule has 0 saturated heterocycles. The first-order valence-electron chi connectivity index (χ1n) is 2.60. The molecule has 1 N–H and O–H groups in total. The van der Waals surface area contributed by atoms with Crippen molar-refractivity contribution in [2.24, 2.45) is 0 Å². The highest BCUT2D eigenvalue weighted by Gasteiger charge is 1.78. The lowest BCUT2D eigenvalue weighted by Crippen LogP contribution is -2.08. The highest BCUT2D eigenvalue weighted by atomic mass is 16.6. The zero-order chi connectivity index (χ0) is 6.69. The van der Waals surface area contributed by atoms with Gasteiger partial charge in [-0.3, -0.25) is 0 Å². The number of pyridine rings is 1. The lowest BCUT2D eigenvalue weighted by Gasteiger charge is -2.00. The molecular weight excluding hydrogens is 116 g/mol. The molecule has 0 unspecified atom stereocenters. The van der Waals surface area contributed by atoms with Crippen molar-refractivity contribution in [3.05, 3.63) is 29.9 Å². The molecule has 0 radical (unpaired) electrons. The molecule has 1 heterocycles. The zero-order valence-corrected chi connectivity index (χ0v) is 5.16. The maximum atomic E-state index is 7.10. The fourth-order valence-electron chi connectivity index (χ4n) is 0.534. The Labute approximate surface area is 53.0 Å². The van der Waals surface area contributed by atoms with Crippen LogP contribution in [0, 0.1) is 5.41 Å². The van der Waals surface area contributed by atoms with Crippen LogP contribution in [0.4, 0.5) is 0 Å². The van der Waals surface area contributed by atoms with Crippen molar-refractivity contribution in [1.29, 1.82) is 5.41 Å². The van der Waals surface area contributed by atoms with E-state index in [2.05, 4.69) is 0 Å². The molecule has 0 fully saturated rings. The van der Waals surface area contributed by atoms with E-state index in [-0.39, 0.29) is 0 Å². The first-order chi connectivity index (χ1) is 4.33. The molecule has 3 heteroatoms. The van der Waals surface area contributed by atoms with Crippen molar-refractivity contribution < 1.29 is 4.84 Å². The smallest absolute Gasteiger partial charge is 0.104 e. The quantitative estimate of drug-likeness (QED) is 0.563. The third-order valence-corrected chi connectivity index (χ3v) is 1.01. The van der Waals surface area contributed by atoms with Crippen molar-refractivity contribution in [2.75, 3.05) is 7.11 Å². The van der Waals surface area contributed by atoms with Gasteiger partial charge in [0.1, 0.15) is 7.11 Å². The summed E-state index contributed by atoms with van der Waals surface area (Å²) in [6.45, 7) is 0. The fourth-order valence-corrected chi connectivity index (χ4v) is 0.534. The second kappa shape index (κ2) is 2.35. The molecule has 1 aromatic heterocycles. The lowest BCUT2D eigenvalue weighted by atomic mass is 10.5. The van der Waals surface area contributed by atoms with Gasteiger partial charge in [0.2, 0.25) is 0 Å². The van der Waals surface area contributed by atoms with Crippen LogP contribution < -0.4 is 10.2 Å². The molecule has 0 aromatic carbocycles. The summed E-state index contributed by atoms with van der Waals surface area (Å²) in [6, 6.07) is 3.31. The van der Waals surface area contributed by atoms with E-state index in [1.165, 1.54) is 4.73 Å². The Bertz CT molecular complexity index is 221. The van der Waals surface area contributed by atoms with Gasteiger partial charge in [-0.25, -0.2) is 0 Å². The Morgan fingerprint density at radius 1 is 1.44 bits per heavy atom. The average molecular weight is 124 g/mol. The van der Waals surface area contributed by atoms with Crippen molar-refractivity contribution in [3.8, 4) is 0 Å². The molecule has 3 nitrogen and oxygen atoms in total. The SMILES string of the molecule is COn1ccc(=N)cc1. The van der Waals surface area contributed by atoms with Crippen LogP contribution in [0.15, 0.2) is 24.5 Å². The molecule has 1 aromatic rings. The van der Waals surface area contributed by atoms with E-state index >= 15 is 0 Å². The van der Waals surface area contributed by atoms with Crippen molar-refractivity contribution in [3.63, 3.8) is 0 Å². The fraction of sp³-hybridized carbons (Fsp3) is 0.167. The third-order valence-electron chi connectivity index (χ3n) is 1.01. The maximum absolute atomic E-state index is 7.10. The van der Waals surface area contributed by atoms with E-state index in [1.807, 2.05) is 0 Å². The Balaban J connectivity index is 3.02. The molecule has 0 aliphatic rings. The summed E-state index contributed by atoms with van der Waals surface area (Å²) in [5, 5.41) is 7.59. The van der Waals surface area contributed by atoms with Gasteiger partial charge in [0.15, 0.2) is 0 Å². The standard InChI is InChI=1S/C6H8N2O/c1-9-8-4-2-6(7)3-5-8/h2-5,7H,1H3. The van der Waals surface area contributed by atoms with E-state index in [1.54, 1.807) is 31.6 Å². The number of nitrogens with one attached hydrogen (secondary N) is 1. The first kappa shape index (κ1) is 5.88. The molecule has 0 saturated carbocycles. The molecule has 0 aliphatic carbocycles. The largest absolute Gasteiger partial charge is 0.418 e. The van der Waals surface area contributed by atoms with E-state index in [0.29, 0.717) is 5.36 Å². The lowest BCUT2D eigenvalue weighted by molar-refractivity contribution is 0.165. The second-order valence-electron chi connectivity index (χ2n) is 1.63. The summed E-state index contributed by atoms with van der Waals surface area (Å²) >= 11 is 0. The first-order valence-corrected chi connectivity index (χ1v) is 2.60. The summed E-state index contributed by atoms with van der Waals surface area (Å²) in [4.78, 5) is 4.80. The van der Waals surface area contributed by atoms with Gasteiger partial charge in [-0.1, -0.05) is 0 Å². The summed E-state index contributed by atoms with van der Waals surface area (Å²) in [5.74, 6) is 0. The second-order valence-corrected chi connectivity index (χ2v) is 1.63. The Kier molecular flexibility index (Phi) is 1.53. The topological polar surface area (TPSA) is 38.0 Å². The predicted molar refractivity (Wildman–Crippen MR) is 32.8 cm³/mol. The summed E-state index contributed by atoms with van der Waals surface area (Å²) in [6.07, 6.45) is 3.37. The van der Waals surface area contributed by atoms with Gasteiger partial charge in [-0.05, 0) is 12.1 Å². The Hall–Kier alpha value is -1.25. The minimum Gasteiger partial charge on any atom is -0.418 e. The van der Waals surface area contributed by atoms with Gasteiger partial charge < -0.3 is 10.2 Å². The summed E-state index contributed by atoms with van der Waals surface area (Å²) < 4.78 is 1.53. The Morgan fingerprint density at radius 3 is 2.44 bits per heavy atom. The molecule has 0 amide bonds. The van der Waals surface area contributed by atoms with Gasteiger partial charge >= 0.3 is 0 Å². The van der Waals surface area contributed by atoms with Crippen LogP contribution >= 0.6 is 0 Å². The van der Waals surface area contributed by atoms with Crippen molar-refractivity contribution >= 4 is 0 Å². The van der Waals surface area contributed by atoms with E-state index in [4.69, 9.17) is 10.2 Å². The molecule has 0 bridgehead atoms. The molecule has 0 spiro atoms. The molecular formula is C6H8N2O. The van der Waals surface area contributed by atoms with Gasteiger partial charge in [-0.15, -0.1) is 0 Å². The van der Waals surface area contributed by atoms with Crippen molar-refractivity contribution in [1.82, 2.24) is 4.73 Å². The number of rotatable bonds is 1. The molecule has 1 rings (SSSR count). The van der Waals surface area contributed by atoms with Crippen LogP contribution in [0.2, 0.25) is 0 Å². The highest BCUT2D eigenvalue weighted by molar-refractivity contribution is 4.88. The molecule has 9 heavy (non-hydrogen) atoms. The number of hydrogen-bond acceptors (Lipinski definition) is 2. The van der Waals surface area contributed by atoms with E-state index in [0.717, 1.165) is 0 Å². The van der Waals surface area contributed by atoms with Crippen LogP contribution in [-0.4, -0.2) is 11.8 Å². The average Bonchev–Trinajstić information content (AvgIpc) is 1.90. The summed E-state index contributed by atoms with van der Waals surface area (Å²) in [5.41, 5.74) is 0. The van der Waals surface area contributed by atoms with Gasteiger partial charge in [-0.2, -0.15) is 4.73 Å². The Morgan fingerprint density at radius 2 is 2.00 bits per heavy atom. The van der Waals surface area contributed by atoms with Crippen LogP contribution in [-0.2, 0) is 0 Å². The van der Waals surface area contributed by atoms with Gasteiger partial charge in [0, 0.05) is 12.4 Å². The number of nitrogens with zero attached hydrogens (tertiary/aromatic N) is 1. The van der Waals surface area contributed by atoms with Gasteiger partial charge in [0.25, 0.3) is 0 Å². The van der Waals surface area contributed by atoms with Gasteiger partial charge in [0.05, 0.1) is 5.36 Å². The van der Waals surface area contributed by atoms with Crippen LogP contribution in [0.25, 0.3) is 0 Å². The normalized spacial score (nSPS) is 9.00. The number of hydrogen-bond donors (Lipinski definition) is 1. The van der Waals surface area contributed by atoms with Crippen LogP contribution in [0.3, 0.4) is 0 Å². The molecule has 0 aliphatic heterocycles. The van der Waals surface area contributed by atoms with E-state index < -0.39 is 0 Å². The molecule has 48 valence electrons. The third kappa shape index (κ3) is 1.32. The summed E-state index contributed by atoms with van der Waals surface area (Å²) in [7, 11) is 1.57. The predicted octanol–water partition coefficient (Wildman–Crippen LogP) is 0.0260. The van der Waals surface area contributed by atoms with E-state index in [9.17, 15) is 0 Å². The maximum Gasteiger partial charge on any atom is 0.104 e. The number of aromatic nitrogens is 1. The zero-order valence-electron chi connectivity index (χ0n) is 5.16. The van der Waals surface area contributed by atoms with Crippen molar-refractivity contribution in [2.45, 2.75) is 0 Å². The van der Waals surface area contributed by atoms with Crippen LogP contribution in [0.1, 0.15) is 0 Å². The monoisotopic (exact) mass is 124 g/mol. The minimum atomic E-state index is 0.489. The molecule has 0 atom stereocenters. The highest BCUT2D eigenvalue weighted by Crippen LogP contribution is 1.75. The van der Waals surface area contributed by atoms with Crippen LogP contribution in [0.5, 0.6) is 0 Å².